The molecule has 1 N–H and O–H groups in total. The third-order valence-electron chi connectivity index (χ3n) is 3.50. The summed E-state index contributed by atoms with van der Waals surface area (Å²) in [5.74, 6) is 0. The van der Waals surface area contributed by atoms with Crippen molar-refractivity contribution < 1.29 is 14.3 Å². The fraction of sp³-hybridized carbons (Fsp3) is 0.692. The molecule has 0 spiro atoms. The van der Waals surface area contributed by atoms with Crippen molar-refractivity contribution in [2.45, 2.75) is 50.7 Å². The number of aliphatic hydroxyl groups is 1. The van der Waals surface area contributed by atoms with Crippen molar-refractivity contribution in [1.29, 1.82) is 0 Å². The summed E-state index contributed by atoms with van der Waals surface area (Å²) in [4.78, 5) is 0. The minimum absolute atomic E-state index is 0.313. The fourth-order valence-corrected chi connectivity index (χ4v) is 2.65. The molecule has 3 heteroatoms. The van der Waals surface area contributed by atoms with Gasteiger partial charge in [0.05, 0.1) is 24.2 Å². The highest BCUT2D eigenvalue weighted by Gasteiger charge is 2.41. The molecular weight excluding hydrogens is 204 g/mol. The van der Waals surface area contributed by atoms with Crippen molar-refractivity contribution in [2.24, 2.45) is 0 Å². The van der Waals surface area contributed by atoms with E-state index in [1.807, 2.05) is 13.0 Å². The van der Waals surface area contributed by atoms with Crippen LogP contribution in [0.2, 0.25) is 0 Å². The molecule has 0 bridgehead atoms. The number of furan rings is 1. The third-order valence-corrected chi connectivity index (χ3v) is 3.50. The van der Waals surface area contributed by atoms with Gasteiger partial charge in [-0.05, 0) is 31.4 Å². The van der Waals surface area contributed by atoms with E-state index in [2.05, 4.69) is 0 Å². The Morgan fingerprint density at radius 1 is 1.50 bits per heavy atom. The van der Waals surface area contributed by atoms with Gasteiger partial charge in [0, 0.05) is 13.0 Å². The van der Waals surface area contributed by atoms with E-state index in [1.165, 1.54) is 0 Å². The molecule has 1 aliphatic carbocycles. The first-order valence-corrected chi connectivity index (χ1v) is 6.10. The van der Waals surface area contributed by atoms with Crippen molar-refractivity contribution in [3.05, 3.63) is 24.2 Å². The SMILES string of the molecule is CCOC1(C(O)Cc2ccoc2)CCCC1. The van der Waals surface area contributed by atoms with Gasteiger partial charge in [-0.2, -0.15) is 0 Å². The quantitative estimate of drug-likeness (QED) is 0.835. The average molecular weight is 224 g/mol. The van der Waals surface area contributed by atoms with Crippen LogP contribution in [-0.2, 0) is 11.2 Å². The number of hydrogen-bond acceptors (Lipinski definition) is 3. The van der Waals surface area contributed by atoms with Crippen molar-refractivity contribution in [3.63, 3.8) is 0 Å². The topological polar surface area (TPSA) is 42.6 Å². The number of hydrogen-bond donors (Lipinski definition) is 1. The molecule has 1 aliphatic rings. The molecule has 16 heavy (non-hydrogen) atoms. The molecule has 3 nitrogen and oxygen atoms in total. The highest BCUT2D eigenvalue weighted by atomic mass is 16.5. The van der Waals surface area contributed by atoms with Crippen LogP contribution in [0.15, 0.2) is 23.0 Å². The molecule has 1 aromatic heterocycles. The van der Waals surface area contributed by atoms with Crippen molar-refractivity contribution in [1.82, 2.24) is 0 Å². The van der Waals surface area contributed by atoms with Crippen molar-refractivity contribution in [2.75, 3.05) is 6.61 Å². The minimum Gasteiger partial charge on any atom is -0.472 e. The summed E-state index contributed by atoms with van der Waals surface area (Å²) in [6, 6.07) is 1.90. The predicted molar refractivity (Wildman–Crippen MR) is 61.2 cm³/mol. The molecule has 90 valence electrons. The monoisotopic (exact) mass is 224 g/mol. The standard InChI is InChI=1S/C13H20O3/c1-2-16-13(6-3-4-7-13)12(14)9-11-5-8-15-10-11/h5,8,10,12,14H,2-4,6-7,9H2,1H3. The summed E-state index contributed by atoms with van der Waals surface area (Å²) < 4.78 is 10.8. The number of rotatable bonds is 5. The molecule has 1 heterocycles. The summed E-state index contributed by atoms with van der Waals surface area (Å²) >= 11 is 0. The second-order valence-electron chi connectivity index (χ2n) is 4.56. The summed E-state index contributed by atoms with van der Waals surface area (Å²) in [7, 11) is 0. The molecule has 1 aromatic rings. The Labute approximate surface area is 96.4 Å². The van der Waals surface area contributed by atoms with E-state index in [-0.39, 0.29) is 5.60 Å². The Hall–Kier alpha value is -0.800. The van der Waals surface area contributed by atoms with Gasteiger partial charge in [-0.15, -0.1) is 0 Å². The van der Waals surface area contributed by atoms with Crippen LogP contribution in [0.4, 0.5) is 0 Å². The Kier molecular flexibility index (Phi) is 3.66. The normalized spacial score (nSPS) is 21.1. The second kappa shape index (κ2) is 5.02. The fourth-order valence-electron chi connectivity index (χ4n) is 2.65. The molecule has 0 aromatic carbocycles. The van der Waals surface area contributed by atoms with Gasteiger partial charge in [0.1, 0.15) is 0 Å². The van der Waals surface area contributed by atoms with E-state index >= 15 is 0 Å². The molecule has 0 saturated heterocycles. The highest BCUT2D eigenvalue weighted by Crippen LogP contribution is 2.37. The van der Waals surface area contributed by atoms with E-state index in [4.69, 9.17) is 9.15 Å². The van der Waals surface area contributed by atoms with E-state index in [1.54, 1.807) is 12.5 Å². The van der Waals surface area contributed by atoms with Crippen molar-refractivity contribution >= 4 is 0 Å². The van der Waals surface area contributed by atoms with Gasteiger partial charge in [-0.1, -0.05) is 12.8 Å². The Balaban J connectivity index is 2.02. The Bertz CT molecular complexity index is 299. The predicted octanol–water partition coefficient (Wildman–Crippen LogP) is 2.53. The van der Waals surface area contributed by atoms with Crippen LogP contribution >= 0.6 is 0 Å². The Morgan fingerprint density at radius 2 is 2.25 bits per heavy atom. The third kappa shape index (κ3) is 2.30. The number of ether oxygens (including phenoxy) is 1. The van der Waals surface area contributed by atoms with Gasteiger partial charge >= 0.3 is 0 Å². The lowest BCUT2D eigenvalue weighted by atomic mass is 9.90. The molecule has 1 fully saturated rings. The zero-order valence-electron chi connectivity index (χ0n) is 9.82. The van der Waals surface area contributed by atoms with E-state index in [9.17, 15) is 5.11 Å². The van der Waals surface area contributed by atoms with Gasteiger partial charge in [0.25, 0.3) is 0 Å². The van der Waals surface area contributed by atoms with E-state index in [0.29, 0.717) is 13.0 Å². The van der Waals surface area contributed by atoms with Crippen LogP contribution in [0.5, 0.6) is 0 Å². The summed E-state index contributed by atoms with van der Waals surface area (Å²) in [6.07, 6.45) is 7.79. The molecule has 0 amide bonds. The highest BCUT2D eigenvalue weighted by molar-refractivity contribution is 5.09. The Morgan fingerprint density at radius 3 is 2.81 bits per heavy atom. The lowest BCUT2D eigenvalue weighted by Gasteiger charge is -2.34. The number of aliphatic hydroxyl groups excluding tert-OH is 1. The lowest BCUT2D eigenvalue weighted by molar-refractivity contribution is -0.115. The van der Waals surface area contributed by atoms with Gasteiger partial charge in [-0.3, -0.25) is 0 Å². The first-order chi connectivity index (χ1) is 7.77. The van der Waals surface area contributed by atoms with Crippen LogP contribution in [0.25, 0.3) is 0 Å². The van der Waals surface area contributed by atoms with Crippen LogP contribution in [0, 0.1) is 0 Å². The van der Waals surface area contributed by atoms with E-state index in [0.717, 1.165) is 31.2 Å². The molecule has 1 saturated carbocycles. The van der Waals surface area contributed by atoms with Crippen LogP contribution in [-0.4, -0.2) is 23.4 Å². The smallest absolute Gasteiger partial charge is 0.0943 e. The summed E-state index contributed by atoms with van der Waals surface area (Å²) in [6.45, 7) is 2.66. The molecule has 1 unspecified atom stereocenters. The maximum atomic E-state index is 10.3. The summed E-state index contributed by atoms with van der Waals surface area (Å²) in [5, 5.41) is 10.3. The molecule has 2 rings (SSSR count). The van der Waals surface area contributed by atoms with Crippen molar-refractivity contribution in [3.8, 4) is 0 Å². The van der Waals surface area contributed by atoms with Gasteiger partial charge in [-0.25, -0.2) is 0 Å². The molecule has 0 radical (unpaired) electrons. The van der Waals surface area contributed by atoms with Gasteiger partial charge in [0.15, 0.2) is 0 Å². The zero-order valence-corrected chi connectivity index (χ0v) is 9.82. The largest absolute Gasteiger partial charge is 0.472 e. The maximum absolute atomic E-state index is 10.3. The summed E-state index contributed by atoms with van der Waals surface area (Å²) in [5.41, 5.74) is 0.727. The lowest BCUT2D eigenvalue weighted by Crippen LogP contribution is -2.43. The van der Waals surface area contributed by atoms with Gasteiger partial charge < -0.3 is 14.3 Å². The first-order valence-electron chi connectivity index (χ1n) is 6.10. The van der Waals surface area contributed by atoms with Crippen LogP contribution in [0.1, 0.15) is 38.2 Å². The second-order valence-corrected chi connectivity index (χ2v) is 4.56. The van der Waals surface area contributed by atoms with E-state index < -0.39 is 6.10 Å². The van der Waals surface area contributed by atoms with Crippen LogP contribution in [0.3, 0.4) is 0 Å². The molecule has 1 atom stereocenters. The zero-order chi connectivity index (χ0) is 11.4. The minimum atomic E-state index is -0.424. The maximum Gasteiger partial charge on any atom is 0.0943 e. The first kappa shape index (κ1) is 11.7. The molecular formula is C13H20O3. The van der Waals surface area contributed by atoms with Gasteiger partial charge in [0.2, 0.25) is 0 Å². The average Bonchev–Trinajstić information content (AvgIpc) is 2.89. The molecule has 0 aliphatic heterocycles. The van der Waals surface area contributed by atoms with Crippen LogP contribution < -0.4 is 0 Å².